The van der Waals surface area contributed by atoms with Crippen LogP contribution in [0.15, 0.2) is 126 Å². The van der Waals surface area contributed by atoms with Gasteiger partial charge in [-0.15, -0.1) is 0 Å². The van der Waals surface area contributed by atoms with Gasteiger partial charge in [-0.3, -0.25) is 0 Å². The highest BCUT2D eigenvalue weighted by atomic mass is 16.3. The zero-order chi connectivity index (χ0) is 58.7. The third kappa shape index (κ3) is 7.89. The highest BCUT2D eigenvalue weighted by Gasteiger charge is 2.59. The van der Waals surface area contributed by atoms with Crippen molar-refractivity contribution in [3.8, 4) is 11.1 Å². The standard InChI is InChI=1S/C78H90BN3O/c1-47-36-48(2)67-63(37-47)82(78(18)31-23-22-30-77(67,78)17)55-41-64-68-65(42-55)81(53-28-26-50(27-29-53)49-24-20-19-21-25-49)69-56-43-57-60(76(15,16)35-32-73(57,9)10)46-66(56)83-70(69)79(68)61-44-58-59(75(13,14)34-33-74(58,11)12)45-62(61)80(64)54-39-51(71(3,4)5)38-52(40-54)72(6,7)8/h19-21,24-29,36-46H,22-23,30-35H2,1-18H3. The molecule has 83 heavy (non-hydrogen) atoms. The van der Waals surface area contributed by atoms with Gasteiger partial charge >= 0.3 is 0 Å². The molecule has 426 valence electrons. The predicted octanol–water partition coefficient (Wildman–Crippen LogP) is 19.8. The lowest BCUT2D eigenvalue weighted by atomic mass is 9.35. The number of fused-ring (bicyclic) bond motifs is 11. The Hall–Kier alpha value is -6.46. The molecule has 7 aromatic carbocycles. The summed E-state index contributed by atoms with van der Waals surface area (Å²) < 4.78 is 7.91. The molecular formula is C78H90BN3O. The van der Waals surface area contributed by atoms with E-state index in [1.54, 1.807) is 0 Å². The van der Waals surface area contributed by atoms with Crippen molar-refractivity contribution in [1.82, 2.24) is 0 Å². The zero-order valence-electron chi connectivity index (χ0n) is 53.5. The van der Waals surface area contributed by atoms with Gasteiger partial charge in [-0.1, -0.05) is 177 Å². The second-order valence-electron chi connectivity index (χ2n) is 32.0. The molecule has 2 atom stereocenters. The molecule has 6 aliphatic rings. The minimum absolute atomic E-state index is 0.00264. The fourth-order valence-electron chi connectivity index (χ4n) is 17.1. The van der Waals surface area contributed by atoms with Gasteiger partial charge in [0.05, 0.1) is 16.9 Å². The molecule has 0 amide bonds. The number of hydrogen-bond donors (Lipinski definition) is 0. The summed E-state index contributed by atoms with van der Waals surface area (Å²) in [4.78, 5) is 8.29. The molecule has 1 fully saturated rings. The Morgan fingerprint density at radius 3 is 1.61 bits per heavy atom. The minimum Gasteiger partial charge on any atom is -0.468 e. The van der Waals surface area contributed by atoms with Crippen LogP contribution >= 0.6 is 0 Å². The van der Waals surface area contributed by atoms with E-state index in [0.717, 1.165) is 49.0 Å². The first-order valence-corrected chi connectivity index (χ1v) is 31.7. The van der Waals surface area contributed by atoms with E-state index >= 15 is 0 Å². The van der Waals surface area contributed by atoms with Gasteiger partial charge in [0.1, 0.15) is 5.58 Å². The summed E-state index contributed by atoms with van der Waals surface area (Å²) in [6, 6.07) is 48.7. The highest BCUT2D eigenvalue weighted by molar-refractivity contribution is 7.00. The Bertz CT molecular complexity index is 3990. The Morgan fingerprint density at radius 1 is 0.470 bits per heavy atom. The molecule has 1 saturated carbocycles. The molecule has 0 N–H and O–H groups in total. The number of hydrogen-bond acceptors (Lipinski definition) is 4. The molecule has 4 nitrogen and oxygen atoms in total. The summed E-state index contributed by atoms with van der Waals surface area (Å²) in [5.74, 6) is 0. The van der Waals surface area contributed by atoms with E-state index in [2.05, 4.69) is 261 Å². The first-order chi connectivity index (χ1) is 38.9. The van der Waals surface area contributed by atoms with Crippen molar-refractivity contribution in [2.45, 2.75) is 219 Å². The molecule has 0 spiro atoms. The maximum absolute atomic E-state index is 7.91. The fraction of sp³-hybridized carbons (Fsp3) is 0.436. The van der Waals surface area contributed by atoms with Crippen LogP contribution in [0.25, 0.3) is 22.1 Å². The number of nitrogens with zero attached hydrogens (tertiary/aromatic N) is 3. The van der Waals surface area contributed by atoms with Crippen LogP contribution in [-0.4, -0.2) is 12.3 Å². The number of aryl methyl sites for hydroxylation is 2. The van der Waals surface area contributed by atoms with Crippen molar-refractivity contribution < 1.29 is 4.42 Å². The minimum atomic E-state index is -0.189. The van der Waals surface area contributed by atoms with E-state index < -0.39 is 0 Å². The Labute approximate surface area is 498 Å². The maximum Gasteiger partial charge on any atom is 0.297 e. The molecule has 8 aromatic rings. The van der Waals surface area contributed by atoms with Crippen LogP contribution in [0.3, 0.4) is 0 Å². The smallest absolute Gasteiger partial charge is 0.297 e. The summed E-state index contributed by atoms with van der Waals surface area (Å²) >= 11 is 0. The Balaban J connectivity index is 1.17. The molecule has 0 bridgehead atoms. The third-order valence-electron chi connectivity index (χ3n) is 22.5. The van der Waals surface area contributed by atoms with E-state index in [1.807, 2.05) is 0 Å². The second-order valence-corrected chi connectivity index (χ2v) is 32.0. The summed E-state index contributed by atoms with van der Waals surface area (Å²) in [6.07, 6.45) is 9.31. The van der Waals surface area contributed by atoms with E-state index in [9.17, 15) is 0 Å². The van der Waals surface area contributed by atoms with Crippen LogP contribution in [0.5, 0.6) is 0 Å². The van der Waals surface area contributed by atoms with Crippen LogP contribution in [-0.2, 0) is 37.9 Å². The fourth-order valence-corrected chi connectivity index (χ4v) is 17.1. The van der Waals surface area contributed by atoms with E-state index in [0.29, 0.717) is 0 Å². The monoisotopic (exact) mass is 1100 g/mol. The predicted molar refractivity (Wildman–Crippen MR) is 356 cm³/mol. The Morgan fingerprint density at radius 2 is 1.01 bits per heavy atom. The number of furan rings is 1. The van der Waals surface area contributed by atoms with E-state index in [4.69, 9.17) is 4.42 Å². The highest BCUT2D eigenvalue weighted by Crippen LogP contribution is 2.63. The summed E-state index contributed by atoms with van der Waals surface area (Å²) in [6.45, 7) is 44.0. The molecule has 4 heterocycles. The van der Waals surface area contributed by atoms with Gasteiger partial charge in [0, 0.05) is 50.6 Å². The van der Waals surface area contributed by atoms with Crippen LogP contribution in [0, 0.1) is 13.8 Å². The van der Waals surface area contributed by atoms with Crippen molar-refractivity contribution in [3.63, 3.8) is 0 Å². The quantitative estimate of drug-likeness (QED) is 0.164. The summed E-state index contributed by atoms with van der Waals surface area (Å²) in [7, 11) is 0. The topological polar surface area (TPSA) is 22.9 Å². The first kappa shape index (κ1) is 54.5. The molecule has 14 rings (SSSR count). The number of benzene rings is 7. The molecule has 3 aliphatic heterocycles. The van der Waals surface area contributed by atoms with Crippen LogP contribution < -0.4 is 31.3 Å². The molecular weight excluding hydrogens is 1010 g/mol. The number of anilines is 8. The van der Waals surface area contributed by atoms with E-state index in [1.165, 1.54) is 137 Å². The van der Waals surface area contributed by atoms with Crippen LogP contribution in [0.1, 0.15) is 212 Å². The first-order valence-electron chi connectivity index (χ1n) is 31.7. The Kier molecular flexibility index (Phi) is 11.5. The van der Waals surface area contributed by atoms with Gasteiger partial charge in [-0.25, -0.2) is 0 Å². The van der Waals surface area contributed by atoms with Crippen molar-refractivity contribution in [3.05, 3.63) is 171 Å². The number of rotatable bonds is 4. The van der Waals surface area contributed by atoms with Crippen LogP contribution in [0.2, 0.25) is 0 Å². The molecule has 2 unspecified atom stereocenters. The van der Waals surface area contributed by atoms with E-state index in [-0.39, 0.29) is 50.2 Å². The maximum atomic E-state index is 7.91. The lowest BCUT2D eigenvalue weighted by Crippen LogP contribution is -2.61. The van der Waals surface area contributed by atoms with Gasteiger partial charge in [-0.05, 0) is 225 Å². The summed E-state index contributed by atoms with van der Waals surface area (Å²) in [5.41, 5.74) is 29.4. The normalized spacial score (nSPS) is 22.3. The molecule has 1 aromatic heterocycles. The lowest BCUT2D eigenvalue weighted by Gasteiger charge is -2.51. The van der Waals surface area contributed by atoms with Crippen molar-refractivity contribution >= 4 is 79.8 Å². The van der Waals surface area contributed by atoms with Gasteiger partial charge in [0.2, 0.25) is 0 Å². The lowest BCUT2D eigenvalue weighted by molar-refractivity contribution is 0.194. The molecule has 5 heteroatoms. The zero-order valence-corrected chi connectivity index (χ0v) is 53.5. The molecule has 3 aliphatic carbocycles. The van der Waals surface area contributed by atoms with Crippen LogP contribution in [0.4, 0.5) is 45.5 Å². The SMILES string of the molecule is Cc1cc(C)c2c(c1)N(c1cc3c4c(c1)N(c1ccc(-c5ccccc5)cc1)c1c(oc5cc6c(cc15)C(C)(C)CCC6(C)C)B4c1cc4c(cc1N3c1cc(C(C)(C)C)cc(C(C)(C)C)c1)C(C)(C)CCC4(C)C)C1(C)CCCCC21C. The average molecular weight is 1100 g/mol. The third-order valence-corrected chi connectivity index (χ3v) is 22.5. The largest absolute Gasteiger partial charge is 0.468 e. The average Bonchev–Trinajstić information content (AvgIpc) is 1.73. The van der Waals surface area contributed by atoms with Gasteiger partial charge in [-0.2, -0.15) is 0 Å². The van der Waals surface area contributed by atoms with Crippen molar-refractivity contribution in [1.29, 1.82) is 0 Å². The second kappa shape index (κ2) is 17.6. The van der Waals surface area contributed by atoms with Gasteiger partial charge in [0.25, 0.3) is 6.71 Å². The molecule has 0 saturated heterocycles. The van der Waals surface area contributed by atoms with Gasteiger partial charge in [0.15, 0.2) is 0 Å². The van der Waals surface area contributed by atoms with Crippen molar-refractivity contribution in [2.24, 2.45) is 0 Å². The van der Waals surface area contributed by atoms with Gasteiger partial charge < -0.3 is 19.1 Å². The van der Waals surface area contributed by atoms with Crippen molar-refractivity contribution in [2.75, 3.05) is 14.7 Å². The molecule has 0 radical (unpaired) electrons. The summed E-state index contributed by atoms with van der Waals surface area (Å²) in [5, 5.41) is 1.20.